The molecule has 0 saturated carbocycles. The molecule has 0 saturated heterocycles. The van der Waals surface area contributed by atoms with Gasteiger partial charge in [0.15, 0.2) is 0 Å². The van der Waals surface area contributed by atoms with E-state index in [2.05, 4.69) is 13.8 Å². The summed E-state index contributed by atoms with van der Waals surface area (Å²) < 4.78 is 5.22. The standard InChI is InChI=1S/C24H30O7/c1-4-7-18-9-13-20(14-10-18)23(25)30-28-22(17-27-6-3)29-31-24(26)21-15-11-19(8-5-2)12-16-21/h9-16,22H,4-8,17H2,1-3H3. The van der Waals surface area contributed by atoms with Crippen LogP contribution in [0.1, 0.15) is 65.5 Å². The van der Waals surface area contributed by atoms with Crippen LogP contribution in [0.4, 0.5) is 0 Å². The Hall–Kier alpha value is -2.74. The molecule has 7 nitrogen and oxygen atoms in total. The van der Waals surface area contributed by atoms with Crippen LogP contribution in [0.15, 0.2) is 48.5 Å². The fourth-order valence-electron chi connectivity index (χ4n) is 2.77. The van der Waals surface area contributed by atoms with Gasteiger partial charge in [-0.3, -0.25) is 9.78 Å². The maximum absolute atomic E-state index is 12.2. The van der Waals surface area contributed by atoms with Crippen LogP contribution in [-0.4, -0.2) is 31.4 Å². The Kier molecular flexibility index (Phi) is 10.7. The highest BCUT2D eigenvalue weighted by Gasteiger charge is 2.20. The van der Waals surface area contributed by atoms with E-state index in [4.69, 9.17) is 24.3 Å². The van der Waals surface area contributed by atoms with E-state index in [0.717, 1.165) is 36.8 Å². The van der Waals surface area contributed by atoms with Crippen molar-refractivity contribution in [3.05, 3.63) is 70.8 Å². The third-order valence-corrected chi connectivity index (χ3v) is 4.38. The Morgan fingerprint density at radius 1 is 0.710 bits per heavy atom. The van der Waals surface area contributed by atoms with Gasteiger partial charge in [0.25, 0.3) is 6.29 Å². The van der Waals surface area contributed by atoms with Gasteiger partial charge in [-0.25, -0.2) is 9.59 Å². The molecule has 0 spiro atoms. The summed E-state index contributed by atoms with van der Waals surface area (Å²) in [6.07, 6.45) is 2.67. The lowest BCUT2D eigenvalue weighted by Gasteiger charge is -2.15. The second kappa shape index (κ2) is 13.5. The Labute approximate surface area is 183 Å². The van der Waals surface area contributed by atoms with Crippen molar-refractivity contribution >= 4 is 11.9 Å². The van der Waals surface area contributed by atoms with Gasteiger partial charge >= 0.3 is 11.9 Å². The topological polar surface area (TPSA) is 80.3 Å². The second-order valence-electron chi connectivity index (χ2n) is 6.92. The summed E-state index contributed by atoms with van der Waals surface area (Å²) in [5.74, 6) is -1.38. The summed E-state index contributed by atoms with van der Waals surface area (Å²) in [5, 5.41) is 0. The Balaban J connectivity index is 1.87. The number of hydrogen-bond donors (Lipinski definition) is 0. The molecule has 2 aromatic rings. The summed E-state index contributed by atoms with van der Waals surface area (Å²) in [5.41, 5.74) is 2.93. The van der Waals surface area contributed by atoms with E-state index in [1.54, 1.807) is 31.2 Å². The Bertz CT molecular complexity index is 734. The van der Waals surface area contributed by atoms with Crippen LogP contribution in [0.3, 0.4) is 0 Å². The number of aryl methyl sites for hydroxylation is 2. The summed E-state index contributed by atoms with van der Waals surface area (Å²) in [6.45, 7) is 6.24. The van der Waals surface area contributed by atoms with E-state index in [0.29, 0.717) is 17.7 Å². The summed E-state index contributed by atoms with van der Waals surface area (Å²) in [7, 11) is 0. The highest BCUT2D eigenvalue weighted by atomic mass is 17.3. The molecule has 31 heavy (non-hydrogen) atoms. The van der Waals surface area contributed by atoms with Crippen LogP contribution < -0.4 is 0 Å². The van der Waals surface area contributed by atoms with Crippen LogP contribution in [0.2, 0.25) is 0 Å². The van der Waals surface area contributed by atoms with Crippen molar-refractivity contribution < 1.29 is 33.9 Å². The molecule has 0 aromatic heterocycles. The van der Waals surface area contributed by atoms with Crippen LogP contribution in [-0.2, 0) is 37.1 Å². The van der Waals surface area contributed by atoms with E-state index in [1.807, 2.05) is 24.3 Å². The van der Waals surface area contributed by atoms with E-state index in [-0.39, 0.29) is 6.61 Å². The molecule has 7 heteroatoms. The molecule has 2 aromatic carbocycles. The van der Waals surface area contributed by atoms with Gasteiger partial charge in [-0.2, -0.15) is 0 Å². The molecule has 0 radical (unpaired) electrons. The van der Waals surface area contributed by atoms with Crippen LogP contribution in [0.25, 0.3) is 0 Å². The zero-order valence-corrected chi connectivity index (χ0v) is 18.3. The lowest BCUT2D eigenvalue weighted by atomic mass is 10.1. The molecule has 2 rings (SSSR count). The number of benzene rings is 2. The van der Waals surface area contributed by atoms with E-state index < -0.39 is 18.2 Å². The van der Waals surface area contributed by atoms with Gasteiger partial charge in [-0.1, -0.05) is 51.0 Å². The highest BCUT2D eigenvalue weighted by Crippen LogP contribution is 2.11. The van der Waals surface area contributed by atoms with Gasteiger partial charge in [-0.15, -0.1) is 9.78 Å². The van der Waals surface area contributed by atoms with E-state index in [9.17, 15) is 9.59 Å². The third kappa shape index (κ3) is 8.49. The lowest BCUT2D eigenvalue weighted by Crippen LogP contribution is -2.26. The maximum atomic E-state index is 12.2. The molecule has 0 heterocycles. The Morgan fingerprint density at radius 3 is 1.48 bits per heavy atom. The van der Waals surface area contributed by atoms with E-state index in [1.165, 1.54) is 0 Å². The average molecular weight is 430 g/mol. The average Bonchev–Trinajstić information content (AvgIpc) is 2.79. The largest absolute Gasteiger partial charge is 0.376 e. The van der Waals surface area contributed by atoms with Crippen molar-refractivity contribution in [3.8, 4) is 0 Å². The van der Waals surface area contributed by atoms with Crippen molar-refractivity contribution in [1.82, 2.24) is 0 Å². The van der Waals surface area contributed by atoms with Crippen LogP contribution >= 0.6 is 0 Å². The normalized spacial score (nSPS) is 10.8. The molecule has 0 aliphatic heterocycles. The van der Waals surface area contributed by atoms with Crippen molar-refractivity contribution in [1.29, 1.82) is 0 Å². The number of ether oxygens (including phenoxy) is 1. The molecule has 0 aliphatic carbocycles. The number of hydrogen-bond acceptors (Lipinski definition) is 7. The monoisotopic (exact) mass is 430 g/mol. The minimum absolute atomic E-state index is 0.0953. The van der Waals surface area contributed by atoms with Gasteiger partial charge in [0.05, 0.1) is 11.1 Å². The lowest BCUT2D eigenvalue weighted by molar-refractivity contribution is -0.426. The zero-order valence-electron chi connectivity index (χ0n) is 18.3. The minimum Gasteiger partial charge on any atom is -0.376 e. The molecule has 0 bridgehead atoms. The fraction of sp³-hybridized carbons (Fsp3) is 0.417. The quantitative estimate of drug-likeness (QED) is 0.256. The van der Waals surface area contributed by atoms with Gasteiger partial charge in [0, 0.05) is 6.61 Å². The van der Waals surface area contributed by atoms with Crippen molar-refractivity contribution in [3.63, 3.8) is 0 Å². The van der Waals surface area contributed by atoms with Gasteiger partial charge in [-0.05, 0) is 55.2 Å². The van der Waals surface area contributed by atoms with Gasteiger partial charge < -0.3 is 4.74 Å². The predicted molar refractivity (Wildman–Crippen MR) is 114 cm³/mol. The number of carbonyl (C=O) groups excluding carboxylic acids is 2. The molecule has 0 amide bonds. The predicted octanol–water partition coefficient (Wildman–Crippen LogP) is 4.83. The first kappa shape index (κ1) is 24.5. The minimum atomic E-state index is -1.23. The molecule has 0 fully saturated rings. The fourth-order valence-corrected chi connectivity index (χ4v) is 2.77. The molecule has 0 atom stereocenters. The molecule has 0 N–H and O–H groups in total. The maximum Gasteiger partial charge on any atom is 0.373 e. The van der Waals surface area contributed by atoms with Crippen molar-refractivity contribution in [2.75, 3.05) is 13.2 Å². The van der Waals surface area contributed by atoms with Gasteiger partial charge in [0.1, 0.15) is 6.61 Å². The summed E-state index contributed by atoms with van der Waals surface area (Å²) in [6, 6.07) is 14.1. The molecule has 0 unspecified atom stereocenters. The molecular formula is C24H30O7. The van der Waals surface area contributed by atoms with Gasteiger partial charge in [0.2, 0.25) is 0 Å². The third-order valence-electron chi connectivity index (χ3n) is 4.38. The highest BCUT2D eigenvalue weighted by molar-refractivity contribution is 5.89. The molecule has 168 valence electrons. The van der Waals surface area contributed by atoms with Crippen LogP contribution in [0, 0.1) is 0 Å². The first-order valence-corrected chi connectivity index (χ1v) is 10.6. The SMILES string of the molecule is CCCc1ccc(C(=O)OOC(COCC)OOC(=O)c2ccc(CCC)cc2)cc1. The van der Waals surface area contributed by atoms with Crippen LogP contribution in [0.5, 0.6) is 0 Å². The number of rotatable bonds is 13. The van der Waals surface area contributed by atoms with Crippen molar-refractivity contribution in [2.45, 2.75) is 52.7 Å². The van der Waals surface area contributed by atoms with E-state index >= 15 is 0 Å². The molecule has 0 aliphatic rings. The summed E-state index contributed by atoms with van der Waals surface area (Å²) >= 11 is 0. The first-order valence-electron chi connectivity index (χ1n) is 10.6. The zero-order chi connectivity index (χ0) is 22.5. The first-order chi connectivity index (χ1) is 15.1. The second-order valence-corrected chi connectivity index (χ2v) is 6.92. The summed E-state index contributed by atoms with van der Waals surface area (Å²) in [4.78, 5) is 44.0. The molecular weight excluding hydrogens is 400 g/mol. The Morgan fingerprint density at radius 2 is 1.13 bits per heavy atom. The van der Waals surface area contributed by atoms with Crippen molar-refractivity contribution in [2.24, 2.45) is 0 Å². The number of carbonyl (C=O) groups is 2. The smallest absolute Gasteiger partial charge is 0.373 e.